The maximum Gasteiger partial charge on any atom is 0.303 e. The molecular weight excluding hydrogens is 288 g/mol. The van der Waals surface area contributed by atoms with Gasteiger partial charge in [0, 0.05) is 30.6 Å². The van der Waals surface area contributed by atoms with Crippen LogP contribution in [0.5, 0.6) is 0 Å². The number of carbonyl (C=O) groups excluding carboxylic acids is 2. The fourth-order valence-electron chi connectivity index (χ4n) is 4.40. The minimum absolute atomic E-state index is 0.0675. The van der Waals surface area contributed by atoms with Gasteiger partial charge in [0.2, 0.25) is 0 Å². The molecule has 2 aromatic rings. The summed E-state index contributed by atoms with van der Waals surface area (Å²) in [5.74, 6) is -0.218. The first-order valence-electron chi connectivity index (χ1n) is 7.96. The molecule has 0 amide bonds. The number of ether oxygens (including phenoxy) is 1. The molecule has 0 N–H and O–H groups in total. The molecule has 2 aliphatic carbocycles. The molecule has 0 spiro atoms. The van der Waals surface area contributed by atoms with Crippen LogP contribution in [0.3, 0.4) is 0 Å². The molecule has 3 heteroatoms. The highest BCUT2D eigenvalue weighted by molar-refractivity contribution is 5.97. The van der Waals surface area contributed by atoms with Gasteiger partial charge in [0.05, 0.1) is 0 Å². The molecule has 0 heterocycles. The van der Waals surface area contributed by atoms with Gasteiger partial charge in [-0.1, -0.05) is 60.7 Å². The molecule has 23 heavy (non-hydrogen) atoms. The Morgan fingerprint density at radius 1 is 1.00 bits per heavy atom. The summed E-state index contributed by atoms with van der Waals surface area (Å²) in [5, 5.41) is 0. The Morgan fingerprint density at radius 3 is 2.22 bits per heavy atom. The normalized spacial score (nSPS) is 31.5. The molecule has 3 nitrogen and oxygen atoms in total. The van der Waals surface area contributed by atoms with Gasteiger partial charge >= 0.3 is 5.97 Å². The second kappa shape index (κ2) is 5.05. The fraction of sp³-hybridized carbons (Fsp3) is 0.300. The van der Waals surface area contributed by atoms with Crippen LogP contribution in [0.2, 0.25) is 0 Å². The van der Waals surface area contributed by atoms with Crippen LogP contribution in [0.4, 0.5) is 0 Å². The largest absolute Gasteiger partial charge is 0.454 e. The number of benzene rings is 2. The average Bonchev–Trinajstić information content (AvgIpc) is 3.16. The molecule has 4 rings (SSSR count). The van der Waals surface area contributed by atoms with Crippen LogP contribution in [0.25, 0.3) is 0 Å². The molecule has 2 aromatic carbocycles. The van der Waals surface area contributed by atoms with Crippen molar-refractivity contribution in [2.45, 2.75) is 30.8 Å². The van der Waals surface area contributed by atoms with Gasteiger partial charge < -0.3 is 4.74 Å². The van der Waals surface area contributed by atoms with E-state index in [1.807, 2.05) is 36.4 Å². The summed E-state index contributed by atoms with van der Waals surface area (Å²) in [4.78, 5) is 24.1. The third-order valence-electron chi connectivity index (χ3n) is 5.26. The van der Waals surface area contributed by atoms with Crippen molar-refractivity contribution in [1.82, 2.24) is 0 Å². The number of esters is 1. The summed E-state index contributed by atoms with van der Waals surface area (Å²) in [6.07, 6.45) is -0.0164. The molecule has 0 aromatic heterocycles. The molecular formula is C20H18O3. The number of ketones is 1. The SMILES string of the molecule is CC(=O)O[C@@H]1C[C@]2(c3ccccc3)[C@H](C1=O)[C@@H]2c1ccccc1. The summed E-state index contributed by atoms with van der Waals surface area (Å²) in [6, 6.07) is 20.3. The van der Waals surface area contributed by atoms with E-state index in [1.54, 1.807) is 0 Å². The van der Waals surface area contributed by atoms with Crippen LogP contribution in [-0.4, -0.2) is 17.9 Å². The Hall–Kier alpha value is -2.42. The summed E-state index contributed by atoms with van der Waals surface area (Å²) in [6.45, 7) is 1.36. The first-order valence-corrected chi connectivity index (χ1v) is 7.96. The molecule has 116 valence electrons. The molecule has 4 atom stereocenters. The Kier molecular flexibility index (Phi) is 3.12. The summed E-state index contributed by atoms with van der Waals surface area (Å²) >= 11 is 0. The summed E-state index contributed by atoms with van der Waals surface area (Å²) in [5.41, 5.74) is 2.14. The van der Waals surface area contributed by atoms with Gasteiger partial charge in [0.25, 0.3) is 0 Å². The first kappa shape index (κ1) is 14.2. The lowest BCUT2D eigenvalue weighted by Gasteiger charge is -2.20. The first-order chi connectivity index (χ1) is 11.1. The maximum atomic E-state index is 12.8. The van der Waals surface area contributed by atoms with Crippen LogP contribution in [-0.2, 0) is 19.7 Å². The van der Waals surface area contributed by atoms with Crippen molar-refractivity contribution in [1.29, 1.82) is 0 Å². The highest BCUT2D eigenvalue weighted by Gasteiger charge is 2.75. The van der Waals surface area contributed by atoms with Crippen LogP contribution < -0.4 is 0 Å². The van der Waals surface area contributed by atoms with Gasteiger partial charge in [-0.2, -0.15) is 0 Å². The van der Waals surface area contributed by atoms with Crippen LogP contribution in [0, 0.1) is 5.92 Å². The van der Waals surface area contributed by atoms with Crippen molar-refractivity contribution in [3.8, 4) is 0 Å². The second-order valence-electron chi connectivity index (χ2n) is 6.48. The van der Waals surface area contributed by atoms with Gasteiger partial charge in [0.1, 0.15) is 0 Å². The third-order valence-corrected chi connectivity index (χ3v) is 5.26. The molecule has 2 saturated carbocycles. The van der Waals surface area contributed by atoms with E-state index < -0.39 is 6.10 Å². The molecule has 0 bridgehead atoms. The second-order valence-corrected chi connectivity index (χ2v) is 6.48. The van der Waals surface area contributed by atoms with E-state index in [-0.39, 0.29) is 29.0 Å². The summed E-state index contributed by atoms with van der Waals surface area (Å²) in [7, 11) is 0. The van der Waals surface area contributed by atoms with Crippen molar-refractivity contribution in [2.75, 3.05) is 0 Å². The fourth-order valence-corrected chi connectivity index (χ4v) is 4.40. The van der Waals surface area contributed by atoms with E-state index in [9.17, 15) is 9.59 Å². The quantitative estimate of drug-likeness (QED) is 0.818. The van der Waals surface area contributed by atoms with Gasteiger partial charge in [-0.3, -0.25) is 9.59 Å². The molecule has 2 fully saturated rings. The number of hydrogen-bond acceptors (Lipinski definition) is 3. The van der Waals surface area contributed by atoms with E-state index >= 15 is 0 Å². The molecule has 2 aliphatic rings. The number of rotatable bonds is 3. The van der Waals surface area contributed by atoms with Crippen molar-refractivity contribution in [3.63, 3.8) is 0 Å². The molecule has 0 aliphatic heterocycles. The van der Waals surface area contributed by atoms with E-state index in [1.165, 1.54) is 18.1 Å². The van der Waals surface area contributed by atoms with Crippen molar-refractivity contribution >= 4 is 11.8 Å². The van der Waals surface area contributed by atoms with Gasteiger partial charge in [-0.15, -0.1) is 0 Å². The van der Waals surface area contributed by atoms with E-state index in [4.69, 9.17) is 4.74 Å². The topological polar surface area (TPSA) is 43.4 Å². The highest BCUT2D eigenvalue weighted by atomic mass is 16.5. The van der Waals surface area contributed by atoms with E-state index in [2.05, 4.69) is 24.3 Å². The number of fused-ring (bicyclic) bond motifs is 1. The zero-order valence-electron chi connectivity index (χ0n) is 12.9. The van der Waals surface area contributed by atoms with Crippen molar-refractivity contribution in [3.05, 3.63) is 71.8 Å². The average molecular weight is 306 g/mol. The van der Waals surface area contributed by atoms with Gasteiger partial charge in [-0.25, -0.2) is 0 Å². The predicted octanol–water partition coefficient (Wildman–Crippen LogP) is 3.24. The van der Waals surface area contributed by atoms with Crippen molar-refractivity contribution < 1.29 is 14.3 Å². The Morgan fingerprint density at radius 2 is 1.61 bits per heavy atom. The van der Waals surface area contributed by atoms with Crippen molar-refractivity contribution in [2.24, 2.45) is 5.92 Å². The Labute approximate surface area is 135 Å². The standard InChI is InChI=1S/C20H18O3/c1-13(21)23-16-12-20(15-10-6-3-7-11-15)17(18(20)19(16)22)14-8-4-2-5-9-14/h2-11,16-18H,12H2,1H3/t16-,17+,18+,20-/m1/s1. The van der Waals surface area contributed by atoms with Crippen LogP contribution in [0.15, 0.2) is 60.7 Å². The Balaban J connectivity index is 1.75. The highest BCUT2D eigenvalue weighted by Crippen LogP contribution is 2.72. The lowest BCUT2D eigenvalue weighted by atomic mass is 9.87. The van der Waals surface area contributed by atoms with Gasteiger partial charge in [0.15, 0.2) is 11.9 Å². The monoisotopic (exact) mass is 306 g/mol. The summed E-state index contributed by atoms with van der Waals surface area (Å²) < 4.78 is 5.27. The smallest absolute Gasteiger partial charge is 0.303 e. The van der Waals surface area contributed by atoms with E-state index in [0.717, 1.165) is 0 Å². The number of carbonyl (C=O) groups is 2. The number of hydrogen-bond donors (Lipinski definition) is 0. The molecule has 0 saturated heterocycles. The molecule has 0 radical (unpaired) electrons. The lowest BCUT2D eigenvalue weighted by molar-refractivity contribution is -0.152. The third kappa shape index (κ3) is 2.03. The minimum Gasteiger partial charge on any atom is -0.454 e. The van der Waals surface area contributed by atoms with Crippen LogP contribution in [0.1, 0.15) is 30.4 Å². The van der Waals surface area contributed by atoms with Gasteiger partial charge in [-0.05, 0) is 11.1 Å². The zero-order valence-corrected chi connectivity index (χ0v) is 12.9. The zero-order chi connectivity index (χ0) is 16.0. The van der Waals surface area contributed by atoms with Crippen LogP contribution >= 0.6 is 0 Å². The van der Waals surface area contributed by atoms with E-state index in [0.29, 0.717) is 6.42 Å². The Bertz CT molecular complexity index is 753. The minimum atomic E-state index is -0.599. The maximum absolute atomic E-state index is 12.8. The lowest BCUT2D eigenvalue weighted by Crippen LogP contribution is -2.26. The predicted molar refractivity (Wildman–Crippen MR) is 86.0 cm³/mol. The molecule has 0 unspecified atom stereocenters. The number of Topliss-reactive ketones (excluding diaryl/α,β-unsaturated/α-hetero) is 1.